The lowest BCUT2D eigenvalue weighted by molar-refractivity contribution is -0.157. The van der Waals surface area contributed by atoms with Gasteiger partial charge >= 0.3 is 12.1 Å². The molecule has 31 heavy (non-hydrogen) atoms. The molecule has 0 unspecified atom stereocenters. The molecule has 0 aliphatic rings. The van der Waals surface area contributed by atoms with Gasteiger partial charge < -0.3 is 25.1 Å². The summed E-state index contributed by atoms with van der Waals surface area (Å²) >= 11 is 0. The Kier molecular flexibility index (Phi) is 7.09. The van der Waals surface area contributed by atoms with E-state index in [-0.39, 0.29) is 12.1 Å². The van der Waals surface area contributed by atoms with Gasteiger partial charge in [-0.15, -0.1) is 0 Å². The van der Waals surface area contributed by atoms with Gasteiger partial charge in [0.25, 0.3) is 5.91 Å². The number of nitrogens with one attached hydrogen (secondary N) is 1. The van der Waals surface area contributed by atoms with Gasteiger partial charge in [0.15, 0.2) is 0 Å². The lowest BCUT2D eigenvalue weighted by Gasteiger charge is -2.26. The van der Waals surface area contributed by atoms with Crippen molar-refractivity contribution in [3.63, 3.8) is 0 Å². The zero-order valence-electron chi connectivity index (χ0n) is 18.8. The second-order valence-electron chi connectivity index (χ2n) is 9.13. The minimum atomic E-state index is -0.922. The number of hydrogen-bond acceptors (Lipinski definition) is 6. The Morgan fingerprint density at radius 2 is 1.61 bits per heavy atom. The maximum atomic E-state index is 12.7. The molecular formula is C22H30N4O5. The maximum absolute atomic E-state index is 12.7. The molecule has 0 radical (unpaired) electrons. The molecule has 1 aromatic heterocycles. The molecule has 0 saturated heterocycles. The third-order valence-electron chi connectivity index (χ3n) is 3.89. The Labute approximate surface area is 181 Å². The topological polar surface area (TPSA) is 126 Å². The fourth-order valence-corrected chi connectivity index (χ4v) is 2.65. The second-order valence-corrected chi connectivity index (χ2v) is 9.13. The Morgan fingerprint density at radius 1 is 1.03 bits per heavy atom. The normalized spacial score (nSPS) is 12.7. The summed E-state index contributed by atoms with van der Waals surface area (Å²) in [6.45, 7) is 10.5. The summed E-state index contributed by atoms with van der Waals surface area (Å²) in [6.07, 6.45) is 2.54. The van der Waals surface area contributed by atoms with Gasteiger partial charge in [-0.05, 0) is 59.2 Å². The van der Waals surface area contributed by atoms with Gasteiger partial charge in [0, 0.05) is 18.3 Å². The number of aromatic nitrogens is 2. The van der Waals surface area contributed by atoms with E-state index in [0.717, 1.165) is 11.3 Å². The molecule has 0 saturated carbocycles. The molecule has 0 bridgehead atoms. The van der Waals surface area contributed by atoms with E-state index in [1.165, 1.54) is 12.5 Å². The van der Waals surface area contributed by atoms with E-state index >= 15 is 0 Å². The lowest BCUT2D eigenvalue weighted by atomic mass is 10.0. The number of benzene rings is 1. The van der Waals surface area contributed by atoms with Crippen molar-refractivity contribution in [2.75, 3.05) is 0 Å². The van der Waals surface area contributed by atoms with Crippen LogP contribution in [0.15, 0.2) is 36.8 Å². The number of carbonyl (C=O) groups excluding carboxylic acids is 3. The van der Waals surface area contributed by atoms with Gasteiger partial charge in [-0.2, -0.15) is 0 Å². The van der Waals surface area contributed by atoms with E-state index in [1.807, 2.05) is 12.1 Å². The number of imidazole rings is 1. The molecule has 2 aromatic rings. The first-order valence-electron chi connectivity index (χ1n) is 9.89. The number of carbonyl (C=O) groups is 3. The molecule has 2 rings (SSSR count). The lowest BCUT2D eigenvalue weighted by Crippen LogP contribution is -2.47. The Balaban J connectivity index is 2.17. The second kappa shape index (κ2) is 9.20. The van der Waals surface area contributed by atoms with Crippen LogP contribution in [-0.2, 0) is 20.7 Å². The first-order valence-corrected chi connectivity index (χ1v) is 9.89. The summed E-state index contributed by atoms with van der Waals surface area (Å²) in [5.41, 5.74) is 5.56. The monoisotopic (exact) mass is 430 g/mol. The van der Waals surface area contributed by atoms with Crippen LogP contribution in [0.5, 0.6) is 0 Å². The molecule has 2 amide bonds. The number of hydrogen-bond donors (Lipinski definition) is 2. The van der Waals surface area contributed by atoms with Crippen LogP contribution in [-0.4, -0.2) is 44.8 Å². The van der Waals surface area contributed by atoms with Crippen molar-refractivity contribution in [2.24, 2.45) is 5.73 Å². The third kappa shape index (κ3) is 7.76. The standard InChI is InChI=1S/C22H30N4O5/c1-21(2,3)30-19(28)16(25-20(29)31-22(4,5)6)11-14-7-9-15(10-8-14)26-12-17(18(23)27)24-13-26/h7-10,12-13,16H,11H2,1-6H3,(H2,23,27)(H,25,29)/t16-/m0/s1. The maximum Gasteiger partial charge on any atom is 0.408 e. The molecule has 0 aliphatic carbocycles. The van der Waals surface area contributed by atoms with Crippen molar-refractivity contribution < 1.29 is 23.9 Å². The summed E-state index contributed by atoms with van der Waals surface area (Å²) in [6, 6.07) is 6.32. The first kappa shape index (κ1) is 23.9. The van der Waals surface area contributed by atoms with E-state index in [2.05, 4.69) is 10.3 Å². The number of amides is 2. The van der Waals surface area contributed by atoms with Gasteiger partial charge in [0.05, 0.1) is 0 Å². The SMILES string of the molecule is CC(C)(C)OC(=O)N[C@@H](Cc1ccc(-n2cnc(C(N)=O)c2)cc1)C(=O)OC(C)(C)C. The predicted molar refractivity (Wildman–Crippen MR) is 115 cm³/mol. The van der Waals surface area contributed by atoms with Crippen LogP contribution in [0.2, 0.25) is 0 Å². The fraction of sp³-hybridized carbons (Fsp3) is 0.455. The number of rotatable bonds is 6. The molecule has 1 atom stereocenters. The number of primary amides is 1. The van der Waals surface area contributed by atoms with Crippen molar-refractivity contribution >= 4 is 18.0 Å². The molecule has 3 N–H and O–H groups in total. The number of ether oxygens (including phenoxy) is 2. The Bertz CT molecular complexity index is 936. The van der Waals surface area contributed by atoms with Crippen molar-refractivity contribution in [1.82, 2.24) is 14.9 Å². The zero-order chi connectivity index (χ0) is 23.4. The minimum absolute atomic E-state index is 0.163. The quantitative estimate of drug-likeness (QED) is 0.679. The highest BCUT2D eigenvalue weighted by Gasteiger charge is 2.29. The van der Waals surface area contributed by atoms with Crippen molar-refractivity contribution in [3.05, 3.63) is 48.0 Å². The van der Waals surface area contributed by atoms with Gasteiger partial charge in [-0.25, -0.2) is 14.6 Å². The average Bonchev–Trinajstić information content (AvgIpc) is 3.09. The zero-order valence-corrected chi connectivity index (χ0v) is 18.8. The molecule has 1 heterocycles. The molecule has 1 aromatic carbocycles. The van der Waals surface area contributed by atoms with Crippen LogP contribution < -0.4 is 11.1 Å². The summed E-state index contributed by atoms with van der Waals surface area (Å²) in [5.74, 6) is -1.16. The Morgan fingerprint density at radius 3 is 2.10 bits per heavy atom. The van der Waals surface area contributed by atoms with E-state index < -0.39 is 35.2 Å². The van der Waals surface area contributed by atoms with Crippen LogP contribution in [0.4, 0.5) is 4.79 Å². The smallest absolute Gasteiger partial charge is 0.408 e. The molecule has 0 spiro atoms. The highest BCUT2D eigenvalue weighted by atomic mass is 16.6. The van der Waals surface area contributed by atoms with Crippen LogP contribution in [0.3, 0.4) is 0 Å². The van der Waals surface area contributed by atoms with Crippen LogP contribution in [0.25, 0.3) is 5.69 Å². The molecule has 168 valence electrons. The summed E-state index contributed by atoms with van der Waals surface area (Å²) in [7, 11) is 0. The van der Waals surface area contributed by atoms with Crippen LogP contribution >= 0.6 is 0 Å². The van der Waals surface area contributed by atoms with Gasteiger partial charge in [-0.1, -0.05) is 12.1 Å². The largest absolute Gasteiger partial charge is 0.458 e. The average molecular weight is 431 g/mol. The summed E-state index contributed by atoms with van der Waals surface area (Å²) in [5, 5.41) is 2.60. The molecule has 0 fully saturated rings. The minimum Gasteiger partial charge on any atom is -0.458 e. The van der Waals surface area contributed by atoms with Gasteiger partial charge in [-0.3, -0.25) is 4.79 Å². The van der Waals surface area contributed by atoms with Gasteiger partial charge in [0.1, 0.15) is 29.3 Å². The number of nitrogens with zero attached hydrogens (tertiary/aromatic N) is 2. The van der Waals surface area contributed by atoms with E-state index in [0.29, 0.717) is 0 Å². The molecular weight excluding hydrogens is 400 g/mol. The molecule has 9 nitrogen and oxygen atoms in total. The number of nitrogens with two attached hydrogens (primary N) is 1. The molecule has 0 aliphatic heterocycles. The fourth-order valence-electron chi connectivity index (χ4n) is 2.65. The van der Waals surface area contributed by atoms with Gasteiger partial charge in [0.2, 0.25) is 0 Å². The third-order valence-corrected chi connectivity index (χ3v) is 3.89. The van der Waals surface area contributed by atoms with Crippen molar-refractivity contribution in [3.8, 4) is 5.69 Å². The summed E-state index contributed by atoms with van der Waals surface area (Å²) < 4.78 is 12.4. The van der Waals surface area contributed by atoms with E-state index in [9.17, 15) is 14.4 Å². The number of esters is 1. The van der Waals surface area contributed by atoms with Crippen molar-refractivity contribution in [1.29, 1.82) is 0 Å². The highest BCUT2D eigenvalue weighted by Crippen LogP contribution is 2.15. The Hall–Kier alpha value is -3.36. The predicted octanol–water partition coefficient (Wildman–Crippen LogP) is 2.75. The van der Waals surface area contributed by atoms with Crippen LogP contribution in [0.1, 0.15) is 57.6 Å². The first-order chi connectivity index (χ1) is 14.2. The van der Waals surface area contributed by atoms with Crippen LogP contribution in [0, 0.1) is 0 Å². The molecule has 9 heteroatoms. The summed E-state index contributed by atoms with van der Waals surface area (Å²) in [4.78, 5) is 40.1. The van der Waals surface area contributed by atoms with E-state index in [4.69, 9.17) is 15.2 Å². The van der Waals surface area contributed by atoms with E-state index in [1.54, 1.807) is 58.2 Å². The number of alkyl carbamates (subject to hydrolysis) is 1. The van der Waals surface area contributed by atoms with Crippen molar-refractivity contribution in [2.45, 2.75) is 65.2 Å². The highest BCUT2D eigenvalue weighted by molar-refractivity contribution is 5.90.